The van der Waals surface area contributed by atoms with E-state index in [0.29, 0.717) is 0 Å². The molecule has 0 N–H and O–H groups in total. The van der Waals surface area contributed by atoms with Crippen LogP contribution in [-0.2, 0) is 9.53 Å². The molecule has 1 rings (SSSR count). The number of unbranched alkanes of at least 4 members (excludes halogenated alkanes) is 2. The van der Waals surface area contributed by atoms with Crippen LogP contribution in [0.3, 0.4) is 0 Å². The predicted molar refractivity (Wildman–Crippen MR) is 69.8 cm³/mol. The van der Waals surface area contributed by atoms with E-state index in [1.165, 1.54) is 12.8 Å². The van der Waals surface area contributed by atoms with E-state index in [4.69, 9.17) is 4.74 Å². The zero-order chi connectivity index (χ0) is 12.2. The van der Waals surface area contributed by atoms with Crippen LogP contribution >= 0.6 is 15.9 Å². The molecular formula is C13H23BrO2. The van der Waals surface area contributed by atoms with Crippen LogP contribution in [-0.4, -0.2) is 16.9 Å². The first-order valence-corrected chi connectivity index (χ1v) is 7.31. The summed E-state index contributed by atoms with van der Waals surface area (Å²) < 4.78 is 5.47. The van der Waals surface area contributed by atoms with Crippen molar-refractivity contribution >= 4 is 21.9 Å². The molecule has 0 aromatic carbocycles. The minimum absolute atomic E-state index is 0.0267. The lowest BCUT2D eigenvalue weighted by Gasteiger charge is -2.23. The molecule has 0 unspecified atom stereocenters. The molecule has 0 heterocycles. The van der Waals surface area contributed by atoms with Crippen molar-refractivity contribution in [2.45, 2.75) is 64.9 Å². The second-order valence-electron chi connectivity index (χ2n) is 5.78. The number of carbonyl (C=O) groups is 1. The number of halogens is 1. The zero-order valence-electron chi connectivity index (χ0n) is 10.6. The molecule has 0 bridgehead atoms. The Labute approximate surface area is 107 Å². The van der Waals surface area contributed by atoms with E-state index in [0.717, 1.165) is 31.0 Å². The SMILES string of the molecule is CC(C)(C)OC(=O)C1(CCCCCBr)CC1. The Morgan fingerprint density at radius 1 is 1.25 bits per heavy atom. The number of hydrogen-bond donors (Lipinski definition) is 0. The largest absolute Gasteiger partial charge is 0.460 e. The molecule has 0 amide bonds. The van der Waals surface area contributed by atoms with E-state index in [-0.39, 0.29) is 17.0 Å². The summed E-state index contributed by atoms with van der Waals surface area (Å²) in [7, 11) is 0. The average molecular weight is 291 g/mol. The predicted octanol–water partition coefficient (Wildman–Crippen LogP) is 4.06. The van der Waals surface area contributed by atoms with Gasteiger partial charge in [0, 0.05) is 5.33 Å². The second kappa shape index (κ2) is 5.52. The van der Waals surface area contributed by atoms with E-state index >= 15 is 0 Å². The standard InChI is InChI=1S/C13H23BrO2/c1-12(2,3)16-11(15)13(8-9-13)7-5-4-6-10-14/h4-10H2,1-3H3. The molecule has 0 radical (unpaired) electrons. The highest BCUT2D eigenvalue weighted by Crippen LogP contribution is 2.51. The number of carbonyl (C=O) groups excluding carboxylic acids is 1. The Hall–Kier alpha value is -0.0500. The maximum atomic E-state index is 12.0. The Bertz CT molecular complexity index is 239. The van der Waals surface area contributed by atoms with Gasteiger partial charge in [-0.05, 0) is 46.5 Å². The lowest BCUT2D eigenvalue weighted by molar-refractivity contribution is -0.162. The fraction of sp³-hybridized carbons (Fsp3) is 0.923. The first-order chi connectivity index (χ1) is 7.40. The van der Waals surface area contributed by atoms with Crippen molar-refractivity contribution in [2.24, 2.45) is 5.41 Å². The molecule has 0 aliphatic heterocycles. The third kappa shape index (κ3) is 4.44. The smallest absolute Gasteiger partial charge is 0.312 e. The summed E-state index contributed by atoms with van der Waals surface area (Å²) in [4.78, 5) is 12.0. The number of hydrogen-bond acceptors (Lipinski definition) is 2. The van der Waals surface area contributed by atoms with Gasteiger partial charge in [0.05, 0.1) is 5.41 Å². The summed E-state index contributed by atoms with van der Waals surface area (Å²) >= 11 is 3.42. The topological polar surface area (TPSA) is 26.3 Å². The summed E-state index contributed by atoms with van der Waals surface area (Å²) in [5.74, 6) is 0.0267. The van der Waals surface area contributed by atoms with Gasteiger partial charge in [0.1, 0.15) is 5.60 Å². The van der Waals surface area contributed by atoms with Gasteiger partial charge in [-0.15, -0.1) is 0 Å². The molecule has 0 saturated heterocycles. The van der Waals surface area contributed by atoms with Crippen molar-refractivity contribution < 1.29 is 9.53 Å². The van der Waals surface area contributed by atoms with Crippen molar-refractivity contribution in [3.8, 4) is 0 Å². The summed E-state index contributed by atoms with van der Waals surface area (Å²) in [6.45, 7) is 5.81. The highest BCUT2D eigenvalue weighted by Gasteiger charge is 2.51. The molecule has 1 saturated carbocycles. The van der Waals surface area contributed by atoms with Gasteiger partial charge in [-0.3, -0.25) is 4.79 Å². The van der Waals surface area contributed by atoms with Crippen LogP contribution in [0.15, 0.2) is 0 Å². The number of ether oxygens (including phenoxy) is 1. The Balaban J connectivity index is 2.31. The van der Waals surface area contributed by atoms with Crippen LogP contribution in [0.2, 0.25) is 0 Å². The van der Waals surface area contributed by atoms with Gasteiger partial charge in [-0.1, -0.05) is 28.8 Å². The van der Waals surface area contributed by atoms with Crippen LogP contribution in [0, 0.1) is 5.41 Å². The molecule has 1 aliphatic rings. The second-order valence-corrected chi connectivity index (χ2v) is 6.57. The van der Waals surface area contributed by atoms with Crippen LogP contribution in [0.25, 0.3) is 0 Å². The number of alkyl halides is 1. The van der Waals surface area contributed by atoms with Crippen molar-refractivity contribution in [3.05, 3.63) is 0 Å². The van der Waals surface area contributed by atoms with Crippen LogP contribution in [0.4, 0.5) is 0 Å². The van der Waals surface area contributed by atoms with Gasteiger partial charge < -0.3 is 4.74 Å². The highest BCUT2D eigenvalue weighted by atomic mass is 79.9. The highest BCUT2D eigenvalue weighted by molar-refractivity contribution is 9.09. The van der Waals surface area contributed by atoms with E-state index in [2.05, 4.69) is 15.9 Å². The minimum Gasteiger partial charge on any atom is -0.460 e. The molecule has 0 aromatic rings. The molecular weight excluding hydrogens is 268 g/mol. The number of rotatable bonds is 6. The van der Waals surface area contributed by atoms with E-state index in [9.17, 15) is 4.79 Å². The summed E-state index contributed by atoms with van der Waals surface area (Å²) in [6, 6.07) is 0. The molecule has 94 valence electrons. The minimum atomic E-state index is -0.345. The molecule has 16 heavy (non-hydrogen) atoms. The van der Waals surface area contributed by atoms with E-state index in [1.54, 1.807) is 0 Å². The lowest BCUT2D eigenvalue weighted by Crippen LogP contribution is -2.29. The summed E-state index contributed by atoms with van der Waals surface area (Å²) in [5, 5.41) is 1.06. The normalized spacial score (nSPS) is 18.2. The molecule has 1 fully saturated rings. The Kier molecular flexibility index (Phi) is 4.84. The van der Waals surface area contributed by atoms with Crippen molar-refractivity contribution in [2.75, 3.05) is 5.33 Å². The molecule has 0 spiro atoms. The van der Waals surface area contributed by atoms with Crippen LogP contribution in [0.5, 0.6) is 0 Å². The van der Waals surface area contributed by atoms with Gasteiger partial charge in [-0.2, -0.15) is 0 Å². The van der Waals surface area contributed by atoms with E-state index in [1.807, 2.05) is 20.8 Å². The monoisotopic (exact) mass is 290 g/mol. The van der Waals surface area contributed by atoms with Gasteiger partial charge >= 0.3 is 5.97 Å². The van der Waals surface area contributed by atoms with E-state index < -0.39 is 0 Å². The Morgan fingerprint density at radius 3 is 2.31 bits per heavy atom. The van der Waals surface area contributed by atoms with Crippen molar-refractivity contribution in [1.82, 2.24) is 0 Å². The fourth-order valence-corrected chi connectivity index (χ4v) is 2.22. The maximum absolute atomic E-state index is 12.0. The molecule has 0 atom stereocenters. The molecule has 0 aromatic heterocycles. The molecule has 3 heteroatoms. The van der Waals surface area contributed by atoms with Crippen molar-refractivity contribution in [3.63, 3.8) is 0 Å². The third-order valence-electron chi connectivity index (χ3n) is 2.97. The summed E-state index contributed by atoms with van der Waals surface area (Å²) in [5.41, 5.74) is -0.456. The maximum Gasteiger partial charge on any atom is 0.312 e. The van der Waals surface area contributed by atoms with Gasteiger partial charge in [0.25, 0.3) is 0 Å². The van der Waals surface area contributed by atoms with Crippen molar-refractivity contribution in [1.29, 1.82) is 0 Å². The fourth-order valence-electron chi connectivity index (χ4n) is 1.83. The van der Waals surface area contributed by atoms with Gasteiger partial charge in [0.15, 0.2) is 0 Å². The summed E-state index contributed by atoms with van der Waals surface area (Å²) in [6.07, 6.45) is 6.60. The Morgan fingerprint density at radius 2 is 1.88 bits per heavy atom. The first kappa shape index (κ1) is 14.0. The quantitative estimate of drug-likeness (QED) is 0.419. The average Bonchev–Trinajstić information content (AvgIpc) is 2.91. The van der Waals surface area contributed by atoms with Gasteiger partial charge in [-0.25, -0.2) is 0 Å². The molecule has 1 aliphatic carbocycles. The lowest BCUT2D eigenvalue weighted by atomic mass is 9.98. The third-order valence-corrected chi connectivity index (χ3v) is 3.54. The zero-order valence-corrected chi connectivity index (χ0v) is 12.2. The molecule has 2 nitrogen and oxygen atoms in total. The van der Waals surface area contributed by atoms with Gasteiger partial charge in [0.2, 0.25) is 0 Å². The number of esters is 1. The first-order valence-electron chi connectivity index (χ1n) is 6.19. The van der Waals surface area contributed by atoms with Crippen LogP contribution in [0.1, 0.15) is 59.3 Å². The van der Waals surface area contributed by atoms with Crippen LogP contribution < -0.4 is 0 Å².